The molecule has 12 heteroatoms. The summed E-state index contributed by atoms with van der Waals surface area (Å²) < 4.78 is 11.0. The Hall–Kier alpha value is -4.71. The number of hydrogen-bond donors (Lipinski definition) is 1. The van der Waals surface area contributed by atoms with Crippen molar-refractivity contribution >= 4 is 46.0 Å². The van der Waals surface area contributed by atoms with E-state index in [2.05, 4.69) is 10.3 Å². The Balaban J connectivity index is 1.62. The molecule has 1 fully saturated rings. The summed E-state index contributed by atoms with van der Waals surface area (Å²) in [5.74, 6) is -0.125. The van der Waals surface area contributed by atoms with Crippen molar-refractivity contribution < 1.29 is 24.1 Å². The number of ether oxygens (including phenoxy) is 2. The highest BCUT2D eigenvalue weighted by atomic mass is 32.2. The lowest BCUT2D eigenvalue weighted by molar-refractivity contribution is -0.394. The molecule has 0 saturated carbocycles. The number of nitrogens with one attached hydrogen (secondary N) is 1. The molecule has 0 unspecified atom stereocenters. The summed E-state index contributed by atoms with van der Waals surface area (Å²) in [6, 6.07) is 15.4. The third kappa shape index (κ3) is 5.50. The van der Waals surface area contributed by atoms with Crippen LogP contribution in [0.5, 0.6) is 17.2 Å². The Morgan fingerprint density at radius 2 is 1.67 bits per heavy atom. The van der Waals surface area contributed by atoms with Gasteiger partial charge in [0.2, 0.25) is 5.75 Å². The smallest absolute Gasteiger partial charge is 0.318 e. The summed E-state index contributed by atoms with van der Waals surface area (Å²) >= 11 is 1.17. The number of non-ortho nitro benzene ring substituents is 1. The number of carbonyl (C=O) groups is 1. The second-order valence-corrected chi connectivity index (χ2v) is 8.53. The van der Waals surface area contributed by atoms with Crippen molar-refractivity contribution in [2.75, 3.05) is 7.11 Å². The molecule has 1 saturated heterocycles. The zero-order valence-corrected chi connectivity index (χ0v) is 19.8. The first-order valence-corrected chi connectivity index (χ1v) is 11.2. The van der Waals surface area contributed by atoms with Gasteiger partial charge in [-0.25, -0.2) is 4.99 Å². The molecule has 1 amide bonds. The van der Waals surface area contributed by atoms with E-state index in [0.717, 1.165) is 23.8 Å². The van der Waals surface area contributed by atoms with Crippen LogP contribution in [0.3, 0.4) is 0 Å². The molecule has 0 spiro atoms. The Morgan fingerprint density at radius 1 is 0.944 bits per heavy atom. The van der Waals surface area contributed by atoms with Crippen molar-refractivity contribution in [3.63, 3.8) is 0 Å². The van der Waals surface area contributed by atoms with E-state index in [1.54, 1.807) is 24.3 Å². The maximum Gasteiger partial charge on any atom is 0.318 e. The maximum absolute atomic E-state index is 12.5. The van der Waals surface area contributed by atoms with Gasteiger partial charge in [-0.15, -0.1) is 0 Å². The Morgan fingerprint density at radius 3 is 2.33 bits per heavy atom. The number of benzene rings is 3. The number of nitrogens with zero attached hydrogens (tertiary/aromatic N) is 3. The Bertz CT molecular complexity index is 1430. The number of amidine groups is 1. The number of hydrogen-bond acceptors (Lipinski definition) is 9. The predicted octanol–water partition coefficient (Wildman–Crippen LogP) is 5.50. The van der Waals surface area contributed by atoms with Crippen LogP contribution >= 0.6 is 11.8 Å². The largest absolute Gasteiger partial charge is 0.493 e. The van der Waals surface area contributed by atoms with Gasteiger partial charge in [0.05, 0.1) is 33.6 Å². The van der Waals surface area contributed by atoms with Crippen LogP contribution in [0.1, 0.15) is 11.1 Å². The summed E-state index contributed by atoms with van der Waals surface area (Å²) in [6.07, 6.45) is 1.62. The maximum atomic E-state index is 12.5. The minimum atomic E-state index is -0.769. The molecule has 0 radical (unpaired) electrons. The van der Waals surface area contributed by atoms with Crippen LogP contribution in [-0.4, -0.2) is 28.0 Å². The van der Waals surface area contributed by atoms with Gasteiger partial charge in [0.1, 0.15) is 0 Å². The van der Waals surface area contributed by atoms with Gasteiger partial charge < -0.3 is 14.8 Å². The SMILES string of the molecule is COc1ccc(/C=C2\SC(=Nc3ccc(C)cc3)NC2=O)cc1Oc1ccc([N+](=O)[O-])cc1[N+](=O)[O-]. The van der Waals surface area contributed by atoms with Gasteiger partial charge >= 0.3 is 5.69 Å². The van der Waals surface area contributed by atoms with E-state index >= 15 is 0 Å². The number of carbonyl (C=O) groups excluding carboxylic acids is 1. The van der Waals surface area contributed by atoms with E-state index < -0.39 is 21.2 Å². The lowest BCUT2D eigenvalue weighted by Gasteiger charge is -2.11. The van der Waals surface area contributed by atoms with Crippen LogP contribution < -0.4 is 14.8 Å². The second kappa shape index (κ2) is 10.3. The van der Waals surface area contributed by atoms with E-state index in [1.165, 1.54) is 18.9 Å². The number of aliphatic imine (C=N–C) groups is 1. The fourth-order valence-corrected chi connectivity index (χ4v) is 4.04. The summed E-state index contributed by atoms with van der Waals surface area (Å²) in [5.41, 5.74) is 1.35. The fourth-order valence-electron chi connectivity index (χ4n) is 3.20. The predicted molar refractivity (Wildman–Crippen MR) is 135 cm³/mol. The van der Waals surface area contributed by atoms with Crippen LogP contribution in [0, 0.1) is 27.2 Å². The number of methoxy groups -OCH3 is 1. The molecule has 36 heavy (non-hydrogen) atoms. The summed E-state index contributed by atoms with van der Waals surface area (Å²) in [5, 5.41) is 25.6. The van der Waals surface area contributed by atoms with Gasteiger partial charge in [0.15, 0.2) is 16.7 Å². The molecule has 0 bridgehead atoms. The molecule has 0 aromatic heterocycles. The number of amides is 1. The number of rotatable bonds is 7. The number of nitro groups is 2. The Kier molecular flexibility index (Phi) is 6.97. The molecule has 1 aliphatic rings. The minimum Gasteiger partial charge on any atom is -0.493 e. The highest BCUT2D eigenvalue weighted by molar-refractivity contribution is 8.18. The lowest BCUT2D eigenvalue weighted by atomic mass is 10.2. The zero-order valence-electron chi connectivity index (χ0n) is 19.0. The molecule has 4 rings (SSSR count). The molecular weight excluding hydrogens is 488 g/mol. The van der Waals surface area contributed by atoms with Gasteiger partial charge in [-0.3, -0.25) is 25.0 Å². The standard InChI is InChI=1S/C24H18N4O7S/c1-14-3-6-16(7-4-14)25-24-26-23(29)22(36-24)12-15-5-9-20(34-2)21(11-15)35-19-10-8-17(27(30)31)13-18(19)28(32)33/h3-13H,1-2H3,(H,25,26,29)/b22-12-. The van der Waals surface area contributed by atoms with Gasteiger partial charge in [-0.05, 0) is 60.7 Å². The first-order valence-electron chi connectivity index (χ1n) is 10.4. The first-order chi connectivity index (χ1) is 17.2. The van der Waals surface area contributed by atoms with Crippen LogP contribution in [0.4, 0.5) is 17.1 Å². The highest BCUT2D eigenvalue weighted by Crippen LogP contribution is 2.39. The average Bonchev–Trinajstić information content (AvgIpc) is 3.19. The van der Waals surface area contributed by atoms with E-state index in [0.29, 0.717) is 21.3 Å². The molecule has 1 aliphatic heterocycles. The monoisotopic (exact) mass is 506 g/mol. The van der Waals surface area contributed by atoms with Gasteiger partial charge in [-0.1, -0.05) is 23.8 Å². The van der Waals surface area contributed by atoms with Crippen molar-refractivity contribution in [1.29, 1.82) is 0 Å². The molecule has 0 aliphatic carbocycles. The summed E-state index contributed by atoms with van der Waals surface area (Å²) in [6.45, 7) is 1.97. The van der Waals surface area contributed by atoms with Crippen molar-refractivity contribution in [3.8, 4) is 17.2 Å². The van der Waals surface area contributed by atoms with Gasteiger partial charge in [-0.2, -0.15) is 0 Å². The first kappa shape index (κ1) is 24.4. The minimum absolute atomic E-state index is 0.126. The van der Waals surface area contributed by atoms with Crippen LogP contribution in [-0.2, 0) is 4.79 Å². The number of thioether (sulfide) groups is 1. The molecule has 0 atom stereocenters. The second-order valence-electron chi connectivity index (χ2n) is 7.50. The summed E-state index contributed by atoms with van der Waals surface area (Å²) in [7, 11) is 1.40. The van der Waals surface area contributed by atoms with Crippen molar-refractivity contribution in [2.24, 2.45) is 4.99 Å². The quantitative estimate of drug-likeness (QED) is 0.251. The van der Waals surface area contributed by atoms with Crippen LogP contribution in [0.15, 0.2) is 70.6 Å². The highest BCUT2D eigenvalue weighted by Gasteiger charge is 2.25. The molecule has 3 aromatic rings. The third-order valence-electron chi connectivity index (χ3n) is 4.97. The average molecular weight is 506 g/mol. The molecular formula is C24H18N4O7S. The molecule has 3 aromatic carbocycles. The van der Waals surface area contributed by atoms with E-state index in [4.69, 9.17) is 9.47 Å². The topological polar surface area (TPSA) is 146 Å². The normalized spacial score (nSPS) is 15.1. The lowest BCUT2D eigenvalue weighted by Crippen LogP contribution is -2.19. The molecule has 182 valence electrons. The van der Waals surface area contributed by atoms with Gasteiger partial charge in [0, 0.05) is 6.07 Å². The van der Waals surface area contributed by atoms with E-state index in [1.807, 2.05) is 31.2 Å². The molecule has 11 nitrogen and oxygen atoms in total. The fraction of sp³-hybridized carbons (Fsp3) is 0.0833. The number of aryl methyl sites for hydroxylation is 1. The molecule has 1 heterocycles. The van der Waals surface area contributed by atoms with Crippen molar-refractivity contribution in [1.82, 2.24) is 5.32 Å². The number of nitro benzene ring substituents is 2. The van der Waals surface area contributed by atoms with E-state index in [-0.39, 0.29) is 23.2 Å². The van der Waals surface area contributed by atoms with Crippen molar-refractivity contribution in [3.05, 3.63) is 96.9 Å². The third-order valence-corrected chi connectivity index (χ3v) is 5.88. The zero-order chi connectivity index (χ0) is 25.8. The van der Waals surface area contributed by atoms with Gasteiger partial charge in [0.25, 0.3) is 11.6 Å². The summed E-state index contributed by atoms with van der Waals surface area (Å²) in [4.78, 5) is 38.2. The van der Waals surface area contributed by atoms with Crippen LogP contribution in [0.25, 0.3) is 6.08 Å². The Labute approximate surface area is 208 Å². The van der Waals surface area contributed by atoms with E-state index in [9.17, 15) is 25.0 Å². The molecule has 1 N–H and O–H groups in total. The van der Waals surface area contributed by atoms with Crippen LogP contribution in [0.2, 0.25) is 0 Å². The van der Waals surface area contributed by atoms with Crippen molar-refractivity contribution in [2.45, 2.75) is 6.92 Å².